The number of nitriles is 1. The Morgan fingerprint density at radius 2 is 1.90 bits per heavy atom. The maximum Gasteiger partial charge on any atom is 0.138 e. The zero-order valence-electron chi connectivity index (χ0n) is 23.4. The van der Waals surface area contributed by atoms with Gasteiger partial charge in [-0.05, 0) is 88.6 Å². The number of benzene rings is 3. The average Bonchev–Trinajstić information content (AvgIpc) is 3.38. The topological polar surface area (TPSA) is 105 Å². The summed E-state index contributed by atoms with van der Waals surface area (Å²) in [7, 11) is 0. The van der Waals surface area contributed by atoms with Crippen molar-refractivity contribution in [3.63, 3.8) is 0 Å². The number of nitrogens with zero attached hydrogens (tertiary/aromatic N) is 4. The summed E-state index contributed by atoms with van der Waals surface area (Å²) in [5.41, 5.74) is 9.39. The van der Waals surface area contributed by atoms with Gasteiger partial charge in [0.05, 0.1) is 21.2 Å². The van der Waals surface area contributed by atoms with Crippen LogP contribution in [0.2, 0.25) is 0 Å². The van der Waals surface area contributed by atoms with Gasteiger partial charge in [0.2, 0.25) is 0 Å². The third-order valence-corrected chi connectivity index (χ3v) is 8.19. The van der Waals surface area contributed by atoms with E-state index in [0.717, 1.165) is 35.0 Å². The maximum atomic E-state index is 14.5. The number of fused-ring (bicyclic) bond motifs is 1. The number of anilines is 1. The monoisotopic (exact) mass is 613 g/mol. The lowest BCUT2D eigenvalue weighted by Gasteiger charge is -2.31. The van der Waals surface area contributed by atoms with Gasteiger partial charge in [-0.1, -0.05) is 62.1 Å². The smallest absolute Gasteiger partial charge is 0.138 e. The molecule has 0 saturated heterocycles. The Balaban J connectivity index is 1.74. The van der Waals surface area contributed by atoms with Crippen LogP contribution in [0.4, 0.5) is 10.1 Å². The van der Waals surface area contributed by atoms with Crippen molar-refractivity contribution >= 4 is 38.2 Å². The molecular weight excluding hydrogens is 581 g/mol. The van der Waals surface area contributed by atoms with Crippen LogP contribution in [0.5, 0.6) is 0 Å². The largest absolute Gasteiger partial charge is 0.355 e. The van der Waals surface area contributed by atoms with E-state index < -0.39 is 0 Å². The van der Waals surface area contributed by atoms with Crippen molar-refractivity contribution in [3.8, 4) is 11.8 Å². The Kier molecular flexibility index (Phi) is 9.18. The fourth-order valence-corrected chi connectivity index (χ4v) is 5.34. The molecule has 3 aromatic carbocycles. The number of nitrogens with two attached hydrogens (primary N) is 1. The predicted octanol–water partition coefficient (Wildman–Crippen LogP) is 7.42. The van der Waals surface area contributed by atoms with Gasteiger partial charge in [-0.3, -0.25) is 11.3 Å². The molecule has 4 rings (SSSR count). The second kappa shape index (κ2) is 12.6. The van der Waals surface area contributed by atoms with Gasteiger partial charge >= 0.3 is 0 Å². The number of rotatable bonds is 11. The molecular formula is C32H33BrFN7. The third kappa shape index (κ3) is 6.30. The molecule has 0 atom stereocenters. The number of nitrogens with one attached hydrogen (secondary N) is 2. The molecule has 1 heterocycles. The van der Waals surface area contributed by atoms with E-state index in [1.54, 1.807) is 16.8 Å². The number of hydrazine groups is 1. The lowest BCUT2D eigenvalue weighted by Crippen LogP contribution is -2.25. The fraction of sp³-hybridized carbons (Fsp3) is 0.219. The van der Waals surface area contributed by atoms with Gasteiger partial charge in [-0.25, -0.2) is 9.07 Å². The lowest BCUT2D eigenvalue weighted by atomic mass is 9.76. The highest BCUT2D eigenvalue weighted by Crippen LogP contribution is 2.42. The average molecular weight is 615 g/mol. The molecule has 0 spiro atoms. The number of hydrogen-bond acceptors (Lipinski definition) is 6. The molecule has 0 radical (unpaired) electrons. The number of para-hydroxylation sites is 1. The van der Waals surface area contributed by atoms with Crippen molar-refractivity contribution in [1.29, 1.82) is 5.26 Å². The van der Waals surface area contributed by atoms with Gasteiger partial charge in [-0.2, -0.15) is 5.26 Å². The summed E-state index contributed by atoms with van der Waals surface area (Å²) in [6, 6.07) is 20.2. The molecule has 9 heteroatoms. The number of allylic oxidation sites excluding steroid dienone is 2. The quantitative estimate of drug-likeness (QED) is 0.0703. The molecule has 7 nitrogen and oxygen atoms in total. The molecule has 0 unspecified atom stereocenters. The Labute approximate surface area is 248 Å². The first kappa shape index (κ1) is 29.9. The van der Waals surface area contributed by atoms with Crippen LogP contribution in [0.15, 0.2) is 95.1 Å². The van der Waals surface area contributed by atoms with Crippen LogP contribution >= 0.6 is 15.9 Å². The van der Waals surface area contributed by atoms with Crippen LogP contribution < -0.4 is 16.6 Å². The summed E-state index contributed by atoms with van der Waals surface area (Å²) in [5.74, 6) is 5.13. The van der Waals surface area contributed by atoms with E-state index in [0.29, 0.717) is 44.8 Å². The van der Waals surface area contributed by atoms with E-state index in [-0.39, 0.29) is 11.2 Å². The molecule has 0 saturated carbocycles. The molecule has 0 aliphatic heterocycles. The highest BCUT2D eigenvalue weighted by molar-refractivity contribution is 9.10. The molecule has 4 aromatic rings. The van der Waals surface area contributed by atoms with Crippen LogP contribution in [-0.2, 0) is 0 Å². The first-order valence-corrected chi connectivity index (χ1v) is 14.0. The molecule has 4 N–H and O–H groups in total. The fourth-order valence-electron chi connectivity index (χ4n) is 4.84. The Morgan fingerprint density at radius 1 is 1.15 bits per heavy atom. The predicted molar refractivity (Wildman–Crippen MR) is 167 cm³/mol. The van der Waals surface area contributed by atoms with Crippen molar-refractivity contribution in [3.05, 3.63) is 112 Å². The summed E-state index contributed by atoms with van der Waals surface area (Å²) in [6.07, 6.45) is 1.73. The van der Waals surface area contributed by atoms with Gasteiger partial charge in [0, 0.05) is 23.5 Å². The van der Waals surface area contributed by atoms with Gasteiger partial charge < -0.3 is 5.32 Å². The summed E-state index contributed by atoms with van der Waals surface area (Å²) in [4.78, 5) is 0. The first-order chi connectivity index (χ1) is 19.6. The van der Waals surface area contributed by atoms with E-state index in [4.69, 9.17) is 5.84 Å². The Morgan fingerprint density at radius 3 is 2.63 bits per heavy atom. The standard InChI is InChI=1S/C32H33BrFN7/c1-20(25-10-8-11-26(34)31(25)33)30(21(2)32(4,5)16-9-17-37-36)22(3)38-24-14-15-28(23(18-24)19-35)41-29-13-7-6-12-27(29)39-40-41/h6-8,10-15,18,37-38H,1,3,9,16-17,36H2,2,4-5H3/b30-21+. The first-order valence-electron chi connectivity index (χ1n) is 13.2. The van der Waals surface area contributed by atoms with Gasteiger partial charge in [0.25, 0.3) is 0 Å². The highest BCUT2D eigenvalue weighted by Gasteiger charge is 2.26. The summed E-state index contributed by atoms with van der Waals surface area (Å²) >= 11 is 3.40. The van der Waals surface area contributed by atoms with E-state index in [1.165, 1.54) is 6.07 Å². The molecule has 0 bridgehead atoms. The third-order valence-electron chi connectivity index (χ3n) is 7.39. The Bertz CT molecular complexity index is 1690. The summed E-state index contributed by atoms with van der Waals surface area (Å²) < 4.78 is 16.5. The zero-order valence-corrected chi connectivity index (χ0v) is 25.0. The number of hydrogen-bond donors (Lipinski definition) is 3. The van der Waals surface area contributed by atoms with E-state index >= 15 is 0 Å². The second-order valence-corrected chi connectivity index (χ2v) is 11.3. The molecule has 41 heavy (non-hydrogen) atoms. The molecule has 210 valence electrons. The number of aromatic nitrogens is 3. The minimum absolute atomic E-state index is 0.241. The molecule has 0 amide bonds. The second-order valence-electron chi connectivity index (χ2n) is 10.5. The van der Waals surface area contributed by atoms with Gasteiger partial charge in [0.1, 0.15) is 17.4 Å². The molecule has 0 aliphatic rings. The van der Waals surface area contributed by atoms with E-state index in [2.05, 4.69) is 77.0 Å². The van der Waals surface area contributed by atoms with Crippen molar-refractivity contribution in [2.75, 3.05) is 11.9 Å². The SMILES string of the molecule is C=C(Nc1ccc(-n2nnc3ccccc32)c(C#N)c1)/C(C(=C)c1cccc(F)c1Br)=C(\C)C(C)(C)CCCNN. The van der Waals surface area contributed by atoms with Crippen LogP contribution in [0.3, 0.4) is 0 Å². The highest BCUT2D eigenvalue weighted by atomic mass is 79.9. The lowest BCUT2D eigenvalue weighted by molar-refractivity contribution is 0.387. The van der Waals surface area contributed by atoms with Crippen LogP contribution in [0.25, 0.3) is 22.3 Å². The molecule has 1 aromatic heterocycles. The summed E-state index contributed by atoms with van der Waals surface area (Å²) in [6.45, 7) is 15.8. The minimum atomic E-state index is -0.373. The van der Waals surface area contributed by atoms with Crippen molar-refractivity contribution < 1.29 is 4.39 Å². The van der Waals surface area contributed by atoms with E-state index in [9.17, 15) is 9.65 Å². The van der Waals surface area contributed by atoms with Crippen molar-refractivity contribution in [1.82, 2.24) is 20.4 Å². The maximum absolute atomic E-state index is 14.5. The van der Waals surface area contributed by atoms with Crippen LogP contribution in [0, 0.1) is 22.6 Å². The normalized spacial score (nSPS) is 12.1. The zero-order chi connectivity index (χ0) is 29.7. The van der Waals surface area contributed by atoms with E-state index in [1.807, 2.05) is 42.5 Å². The van der Waals surface area contributed by atoms with Crippen LogP contribution in [-0.4, -0.2) is 21.5 Å². The van der Waals surface area contributed by atoms with Crippen molar-refractivity contribution in [2.45, 2.75) is 33.6 Å². The number of halogens is 2. The van der Waals surface area contributed by atoms with Crippen LogP contribution in [0.1, 0.15) is 44.7 Å². The summed E-state index contributed by atoms with van der Waals surface area (Å²) in [5, 5.41) is 21.9. The minimum Gasteiger partial charge on any atom is -0.355 e. The molecule has 0 aliphatic carbocycles. The Hall–Kier alpha value is -4.10. The molecule has 0 fully saturated rings. The van der Waals surface area contributed by atoms with Crippen molar-refractivity contribution in [2.24, 2.45) is 11.3 Å². The van der Waals surface area contributed by atoms with Gasteiger partial charge in [0.15, 0.2) is 0 Å². The van der Waals surface area contributed by atoms with Gasteiger partial charge in [-0.15, -0.1) is 5.10 Å².